The zero-order valence-corrected chi connectivity index (χ0v) is 13.4. The maximum absolute atomic E-state index is 11.3. The molecule has 6 nitrogen and oxygen atoms in total. The minimum atomic E-state index is 0.319. The predicted molar refractivity (Wildman–Crippen MR) is 83.4 cm³/mol. The molecule has 0 aliphatic carbocycles. The SMILES string of the molecule is COc1cc(OC)cc(-c2c(C=O)nnn2CCC(C)C)c1. The monoisotopic (exact) mass is 303 g/mol. The number of nitrogens with zero attached hydrogens (tertiary/aromatic N) is 3. The van der Waals surface area contributed by atoms with E-state index in [0.29, 0.717) is 35.3 Å². The predicted octanol–water partition coefficient (Wildman–Crippen LogP) is 2.82. The lowest BCUT2D eigenvalue weighted by atomic mass is 10.1. The van der Waals surface area contributed by atoms with Crippen molar-refractivity contribution in [1.29, 1.82) is 0 Å². The highest BCUT2D eigenvalue weighted by Crippen LogP contribution is 2.31. The smallest absolute Gasteiger partial charge is 0.172 e. The first-order valence-electron chi connectivity index (χ1n) is 7.21. The summed E-state index contributed by atoms with van der Waals surface area (Å²) in [6.45, 7) is 4.99. The van der Waals surface area contributed by atoms with Crippen LogP contribution in [0.4, 0.5) is 0 Å². The summed E-state index contributed by atoms with van der Waals surface area (Å²) in [5, 5.41) is 8.06. The van der Waals surface area contributed by atoms with E-state index in [-0.39, 0.29) is 0 Å². The Balaban J connectivity index is 2.50. The summed E-state index contributed by atoms with van der Waals surface area (Å²) in [6, 6.07) is 5.48. The molecule has 0 fully saturated rings. The molecule has 0 bridgehead atoms. The highest BCUT2D eigenvalue weighted by atomic mass is 16.5. The highest BCUT2D eigenvalue weighted by molar-refractivity contribution is 5.83. The van der Waals surface area contributed by atoms with E-state index in [1.165, 1.54) is 0 Å². The molecule has 0 aliphatic rings. The number of aldehydes is 1. The lowest BCUT2D eigenvalue weighted by molar-refractivity contribution is 0.111. The van der Waals surface area contributed by atoms with Gasteiger partial charge in [-0.3, -0.25) is 4.79 Å². The molecule has 0 aliphatic heterocycles. The molecule has 0 radical (unpaired) electrons. The van der Waals surface area contributed by atoms with Crippen molar-refractivity contribution in [3.63, 3.8) is 0 Å². The molecule has 0 atom stereocenters. The van der Waals surface area contributed by atoms with Gasteiger partial charge in [0.1, 0.15) is 11.5 Å². The van der Waals surface area contributed by atoms with Gasteiger partial charge < -0.3 is 9.47 Å². The zero-order chi connectivity index (χ0) is 16.1. The third-order valence-corrected chi connectivity index (χ3v) is 3.42. The Labute approximate surface area is 130 Å². The number of hydrogen-bond donors (Lipinski definition) is 0. The van der Waals surface area contributed by atoms with Gasteiger partial charge in [0, 0.05) is 18.2 Å². The van der Waals surface area contributed by atoms with Crippen molar-refractivity contribution in [3.8, 4) is 22.8 Å². The number of aromatic nitrogens is 3. The van der Waals surface area contributed by atoms with Crippen LogP contribution in [0.25, 0.3) is 11.3 Å². The Kier molecular flexibility index (Phi) is 5.14. The fraction of sp³-hybridized carbons (Fsp3) is 0.438. The molecule has 0 saturated heterocycles. The summed E-state index contributed by atoms with van der Waals surface area (Å²) >= 11 is 0. The van der Waals surface area contributed by atoms with Crippen LogP contribution in [0.1, 0.15) is 30.8 Å². The van der Waals surface area contributed by atoms with Gasteiger partial charge in [-0.2, -0.15) is 0 Å². The van der Waals surface area contributed by atoms with E-state index in [1.54, 1.807) is 25.0 Å². The van der Waals surface area contributed by atoms with Crippen LogP contribution in [0, 0.1) is 5.92 Å². The Bertz CT molecular complexity index is 628. The van der Waals surface area contributed by atoms with E-state index in [9.17, 15) is 4.79 Å². The summed E-state index contributed by atoms with van der Waals surface area (Å²) in [4.78, 5) is 11.3. The first kappa shape index (κ1) is 16.0. The number of benzene rings is 1. The van der Waals surface area contributed by atoms with Crippen LogP contribution in [0.3, 0.4) is 0 Å². The van der Waals surface area contributed by atoms with Gasteiger partial charge in [-0.15, -0.1) is 5.10 Å². The average Bonchev–Trinajstić information content (AvgIpc) is 2.95. The lowest BCUT2D eigenvalue weighted by Crippen LogP contribution is -2.06. The molecule has 1 aromatic carbocycles. The molecule has 0 unspecified atom stereocenters. The van der Waals surface area contributed by atoms with Gasteiger partial charge in [0.15, 0.2) is 12.0 Å². The number of aryl methyl sites for hydroxylation is 1. The van der Waals surface area contributed by atoms with E-state index >= 15 is 0 Å². The van der Waals surface area contributed by atoms with Crippen LogP contribution in [-0.4, -0.2) is 35.5 Å². The van der Waals surface area contributed by atoms with Crippen molar-refractivity contribution in [2.45, 2.75) is 26.8 Å². The Hall–Kier alpha value is -2.37. The van der Waals surface area contributed by atoms with Gasteiger partial charge in [0.25, 0.3) is 0 Å². The second kappa shape index (κ2) is 7.06. The molecule has 1 aromatic heterocycles. The van der Waals surface area contributed by atoms with Gasteiger partial charge in [-0.05, 0) is 24.5 Å². The molecule has 0 spiro atoms. The van der Waals surface area contributed by atoms with Crippen molar-refractivity contribution in [2.75, 3.05) is 14.2 Å². The summed E-state index contributed by atoms with van der Waals surface area (Å²) in [5.41, 5.74) is 1.80. The molecule has 0 amide bonds. The number of rotatable bonds is 7. The second-order valence-electron chi connectivity index (χ2n) is 5.45. The Morgan fingerprint density at radius 3 is 2.32 bits per heavy atom. The van der Waals surface area contributed by atoms with Crippen LogP contribution in [-0.2, 0) is 6.54 Å². The molecule has 0 N–H and O–H groups in total. The van der Waals surface area contributed by atoms with Crippen LogP contribution in [0.2, 0.25) is 0 Å². The third-order valence-electron chi connectivity index (χ3n) is 3.42. The first-order chi connectivity index (χ1) is 10.6. The summed E-state index contributed by atoms with van der Waals surface area (Å²) in [7, 11) is 3.18. The van der Waals surface area contributed by atoms with Crippen LogP contribution in [0.5, 0.6) is 11.5 Å². The lowest BCUT2D eigenvalue weighted by Gasteiger charge is -2.11. The van der Waals surface area contributed by atoms with Crippen LogP contribution < -0.4 is 9.47 Å². The van der Waals surface area contributed by atoms with E-state index in [1.807, 2.05) is 12.1 Å². The molecule has 2 aromatic rings. The topological polar surface area (TPSA) is 66.2 Å². The largest absolute Gasteiger partial charge is 0.497 e. The van der Waals surface area contributed by atoms with Gasteiger partial charge >= 0.3 is 0 Å². The van der Waals surface area contributed by atoms with E-state index in [2.05, 4.69) is 24.2 Å². The van der Waals surface area contributed by atoms with Gasteiger partial charge in [-0.1, -0.05) is 19.1 Å². The summed E-state index contributed by atoms with van der Waals surface area (Å²) in [5.74, 6) is 1.85. The number of hydrogen-bond acceptors (Lipinski definition) is 5. The number of methoxy groups -OCH3 is 2. The normalized spacial score (nSPS) is 10.8. The minimum absolute atomic E-state index is 0.319. The fourth-order valence-corrected chi connectivity index (χ4v) is 2.18. The van der Waals surface area contributed by atoms with Gasteiger partial charge in [0.2, 0.25) is 0 Å². The molecule has 118 valence electrons. The Morgan fingerprint density at radius 1 is 1.18 bits per heavy atom. The van der Waals surface area contributed by atoms with E-state index < -0.39 is 0 Å². The second-order valence-corrected chi connectivity index (χ2v) is 5.45. The molecule has 0 saturated carbocycles. The summed E-state index contributed by atoms with van der Waals surface area (Å²) < 4.78 is 12.3. The van der Waals surface area contributed by atoms with Crippen molar-refractivity contribution in [3.05, 3.63) is 23.9 Å². The third kappa shape index (κ3) is 3.44. The summed E-state index contributed by atoms with van der Waals surface area (Å²) in [6.07, 6.45) is 1.68. The van der Waals surface area contributed by atoms with Gasteiger partial charge in [-0.25, -0.2) is 4.68 Å². The van der Waals surface area contributed by atoms with E-state index in [4.69, 9.17) is 9.47 Å². The minimum Gasteiger partial charge on any atom is -0.497 e. The number of carbonyl (C=O) groups excluding carboxylic acids is 1. The number of carbonyl (C=O) groups is 1. The van der Waals surface area contributed by atoms with Gasteiger partial charge in [0.05, 0.1) is 19.9 Å². The maximum atomic E-state index is 11.3. The maximum Gasteiger partial charge on any atom is 0.172 e. The Morgan fingerprint density at radius 2 is 1.82 bits per heavy atom. The van der Waals surface area contributed by atoms with E-state index in [0.717, 1.165) is 18.3 Å². The zero-order valence-electron chi connectivity index (χ0n) is 13.4. The fourth-order valence-electron chi connectivity index (χ4n) is 2.18. The molecule has 6 heteroatoms. The van der Waals surface area contributed by atoms with Crippen LogP contribution in [0.15, 0.2) is 18.2 Å². The van der Waals surface area contributed by atoms with Crippen molar-refractivity contribution in [2.24, 2.45) is 5.92 Å². The molecule has 2 rings (SSSR count). The molecular weight excluding hydrogens is 282 g/mol. The van der Waals surface area contributed by atoms with Crippen molar-refractivity contribution >= 4 is 6.29 Å². The highest BCUT2D eigenvalue weighted by Gasteiger charge is 2.16. The first-order valence-corrected chi connectivity index (χ1v) is 7.21. The van der Waals surface area contributed by atoms with Crippen LogP contribution >= 0.6 is 0 Å². The van der Waals surface area contributed by atoms with Crippen molar-refractivity contribution < 1.29 is 14.3 Å². The van der Waals surface area contributed by atoms with Crippen molar-refractivity contribution in [1.82, 2.24) is 15.0 Å². The molecule has 22 heavy (non-hydrogen) atoms. The number of ether oxygens (including phenoxy) is 2. The molecular formula is C16H21N3O3. The molecule has 1 heterocycles. The average molecular weight is 303 g/mol. The standard InChI is InChI=1S/C16H21N3O3/c1-11(2)5-6-19-16(15(10-20)17-18-19)12-7-13(21-3)9-14(8-12)22-4/h7-11H,5-6H2,1-4H3. The quantitative estimate of drug-likeness (QED) is 0.736.